The monoisotopic (exact) mass is 241 g/mol. The Hall–Kier alpha value is -1.43. The molecule has 0 spiro atoms. The number of hydrogen-bond donors (Lipinski definition) is 2. The number of likely N-dealkylation sites (tertiary alicyclic amines) is 1. The number of nitrogens with one attached hydrogen (secondary N) is 1. The van der Waals surface area contributed by atoms with Crippen molar-refractivity contribution in [3.63, 3.8) is 0 Å². The Balaban J connectivity index is 2.77. The molecule has 0 saturated carbocycles. The molecule has 0 aromatic heterocycles. The van der Waals surface area contributed by atoms with Crippen molar-refractivity contribution in [2.75, 3.05) is 6.54 Å². The molecule has 0 aliphatic carbocycles. The zero-order valence-corrected chi connectivity index (χ0v) is 10.4. The molecule has 0 aromatic rings. The molecule has 1 fully saturated rings. The first-order chi connectivity index (χ1) is 7.77. The van der Waals surface area contributed by atoms with Gasteiger partial charge in [-0.1, -0.05) is 6.92 Å². The fourth-order valence-corrected chi connectivity index (χ4v) is 1.87. The number of carbonyl (C=O) groups is 3. The van der Waals surface area contributed by atoms with Crippen molar-refractivity contribution in [2.24, 2.45) is 17.2 Å². The smallest absolute Gasteiger partial charge is 0.241 e. The molecule has 1 rings (SSSR count). The van der Waals surface area contributed by atoms with Crippen molar-refractivity contribution in [1.29, 1.82) is 0 Å². The summed E-state index contributed by atoms with van der Waals surface area (Å²) in [4.78, 5) is 36.2. The molecule has 1 aliphatic heterocycles. The van der Waals surface area contributed by atoms with Crippen molar-refractivity contribution in [3.05, 3.63) is 0 Å². The van der Waals surface area contributed by atoms with E-state index in [9.17, 15) is 14.4 Å². The Kier molecular flexibility index (Phi) is 3.87. The molecule has 0 bridgehead atoms. The molecule has 3 amide bonds. The molecule has 1 saturated heterocycles. The Morgan fingerprint density at radius 2 is 1.88 bits per heavy atom. The Bertz CT molecular complexity index is 334. The van der Waals surface area contributed by atoms with Gasteiger partial charge in [0.05, 0.1) is 5.41 Å². The molecular formula is C11H19N3O3. The van der Waals surface area contributed by atoms with Crippen molar-refractivity contribution in [1.82, 2.24) is 10.3 Å². The number of carbonyl (C=O) groups excluding carboxylic acids is 3. The summed E-state index contributed by atoms with van der Waals surface area (Å²) in [7, 11) is 0. The molecule has 96 valence electrons. The quantitative estimate of drug-likeness (QED) is 0.309. The number of hydrazine groups is 1. The van der Waals surface area contributed by atoms with Crippen LogP contribution in [0.4, 0.5) is 0 Å². The van der Waals surface area contributed by atoms with Crippen LogP contribution in [0, 0.1) is 11.3 Å². The minimum Gasteiger partial charge on any atom is -0.294 e. The maximum absolute atomic E-state index is 11.7. The van der Waals surface area contributed by atoms with Crippen LogP contribution in [-0.2, 0) is 14.4 Å². The van der Waals surface area contributed by atoms with Crippen molar-refractivity contribution in [3.8, 4) is 0 Å². The van der Waals surface area contributed by atoms with E-state index in [1.54, 1.807) is 13.8 Å². The van der Waals surface area contributed by atoms with E-state index in [0.29, 0.717) is 12.8 Å². The lowest BCUT2D eigenvalue weighted by molar-refractivity contribution is -0.152. The number of rotatable bonds is 3. The van der Waals surface area contributed by atoms with Gasteiger partial charge in [-0.15, -0.1) is 0 Å². The van der Waals surface area contributed by atoms with Crippen molar-refractivity contribution < 1.29 is 14.4 Å². The molecular weight excluding hydrogens is 222 g/mol. The highest BCUT2D eigenvalue weighted by Gasteiger charge is 2.37. The van der Waals surface area contributed by atoms with Gasteiger partial charge in [0, 0.05) is 19.4 Å². The van der Waals surface area contributed by atoms with Gasteiger partial charge in [-0.05, 0) is 19.8 Å². The van der Waals surface area contributed by atoms with Crippen LogP contribution in [0.25, 0.3) is 0 Å². The molecule has 0 aromatic carbocycles. The van der Waals surface area contributed by atoms with E-state index in [0.717, 1.165) is 4.90 Å². The second-order valence-corrected chi connectivity index (χ2v) is 5.24. The highest BCUT2D eigenvalue weighted by molar-refractivity contribution is 5.98. The summed E-state index contributed by atoms with van der Waals surface area (Å²) in [6.07, 6.45) is 0.706. The van der Waals surface area contributed by atoms with Crippen LogP contribution < -0.4 is 11.3 Å². The molecule has 6 heteroatoms. The third kappa shape index (κ3) is 3.03. The van der Waals surface area contributed by atoms with E-state index in [1.807, 2.05) is 12.3 Å². The normalized spacial score (nSPS) is 18.5. The number of imide groups is 1. The molecule has 3 N–H and O–H groups in total. The summed E-state index contributed by atoms with van der Waals surface area (Å²) < 4.78 is 0. The molecule has 1 heterocycles. The predicted octanol–water partition coefficient (Wildman–Crippen LogP) is -0.212. The maximum Gasteiger partial charge on any atom is 0.241 e. The van der Waals surface area contributed by atoms with Gasteiger partial charge in [-0.25, -0.2) is 5.84 Å². The first kappa shape index (κ1) is 13.6. The van der Waals surface area contributed by atoms with Crippen LogP contribution in [0.1, 0.15) is 33.6 Å². The van der Waals surface area contributed by atoms with Crippen molar-refractivity contribution in [2.45, 2.75) is 33.6 Å². The first-order valence-corrected chi connectivity index (χ1v) is 5.62. The summed E-state index contributed by atoms with van der Waals surface area (Å²) in [6.45, 7) is 5.23. The maximum atomic E-state index is 11.7. The Labute approximate surface area is 100 Å². The third-order valence-electron chi connectivity index (χ3n) is 2.95. The second-order valence-electron chi connectivity index (χ2n) is 5.24. The first-order valence-electron chi connectivity index (χ1n) is 5.62. The molecule has 17 heavy (non-hydrogen) atoms. The lowest BCUT2D eigenvalue weighted by atomic mass is 9.89. The summed E-state index contributed by atoms with van der Waals surface area (Å²) in [6, 6.07) is 0. The van der Waals surface area contributed by atoms with E-state index in [-0.39, 0.29) is 24.3 Å². The standard InChI is InChI=1S/C11H19N3O3/c1-7-4-8(15)14(9(16)5-7)6-11(2,3)10(17)13-12/h7H,4-6,12H2,1-3H3,(H,13,17). The second kappa shape index (κ2) is 4.83. The molecule has 6 nitrogen and oxygen atoms in total. The van der Waals surface area contributed by atoms with Crippen LogP contribution in [-0.4, -0.2) is 29.2 Å². The Morgan fingerprint density at radius 1 is 1.41 bits per heavy atom. The fourth-order valence-electron chi connectivity index (χ4n) is 1.87. The lowest BCUT2D eigenvalue weighted by Gasteiger charge is -2.33. The predicted molar refractivity (Wildman–Crippen MR) is 61.2 cm³/mol. The zero-order valence-electron chi connectivity index (χ0n) is 10.4. The van der Waals surface area contributed by atoms with Crippen LogP contribution in [0.2, 0.25) is 0 Å². The summed E-state index contributed by atoms with van der Waals surface area (Å²) in [5.74, 6) is 4.32. The Morgan fingerprint density at radius 3 is 2.29 bits per heavy atom. The summed E-state index contributed by atoms with van der Waals surface area (Å²) in [5, 5.41) is 0. The average molecular weight is 241 g/mol. The molecule has 0 unspecified atom stereocenters. The SMILES string of the molecule is CC1CC(=O)N(CC(C)(C)C(=O)NN)C(=O)C1. The van der Waals surface area contributed by atoms with E-state index < -0.39 is 11.3 Å². The molecule has 0 radical (unpaired) electrons. The van der Waals surface area contributed by atoms with Crippen LogP contribution in [0.5, 0.6) is 0 Å². The van der Waals surface area contributed by atoms with Gasteiger partial charge in [0.15, 0.2) is 0 Å². The fraction of sp³-hybridized carbons (Fsp3) is 0.727. The van der Waals surface area contributed by atoms with Gasteiger partial charge in [0.2, 0.25) is 17.7 Å². The van der Waals surface area contributed by atoms with E-state index in [4.69, 9.17) is 5.84 Å². The number of hydrogen-bond acceptors (Lipinski definition) is 4. The van der Waals surface area contributed by atoms with Crippen LogP contribution >= 0.6 is 0 Å². The van der Waals surface area contributed by atoms with Gasteiger partial charge < -0.3 is 0 Å². The molecule has 0 atom stereocenters. The van der Waals surface area contributed by atoms with Gasteiger partial charge in [0.1, 0.15) is 0 Å². The highest BCUT2D eigenvalue weighted by Crippen LogP contribution is 2.24. The number of nitrogens with zero attached hydrogens (tertiary/aromatic N) is 1. The minimum absolute atomic E-state index is 0.0699. The average Bonchev–Trinajstić information content (AvgIpc) is 2.22. The largest absolute Gasteiger partial charge is 0.294 e. The molecule has 1 aliphatic rings. The van der Waals surface area contributed by atoms with Gasteiger partial charge >= 0.3 is 0 Å². The number of nitrogens with two attached hydrogens (primary N) is 1. The lowest BCUT2D eigenvalue weighted by Crippen LogP contribution is -2.52. The topological polar surface area (TPSA) is 92.5 Å². The highest BCUT2D eigenvalue weighted by atomic mass is 16.2. The van der Waals surface area contributed by atoms with E-state index in [1.165, 1.54) is 0 Å². The number of piperidine rings is 1. The van der Waals surface area contributed by atoms with Crippen LogP contribution in [0.3, 0.4) is 0 Å². The summed E-state index contributed by atoms with van der Waals surface area (Å²) >= 11 is 0. The van der Waals surface area contributed by atoms with E-state index >= 15 is 0 Å². The van der Waals surface area contributed by atoms with Gasteiger partial charge in [-0.3, -0.25) is 24.7 Å². The van der Waals surface area contributed by atoms with Gasteiger partial charge in [-0.2, -0.15) is 0 Å². The number of amides is 3. The van der Waals surface area contributed by atoms with E-state index in [2.05, 4.69) is 0 Å². The zero-order chi connectivity index (χ0) is 13.2. The third-order valence-corrected chi connectivity index (χ3v) is 2.95. The van der Waals surface area contributed by atoms with Crippen molar-refractivity contribution >= 4 is 17.7 Å². The van der Waals surface area contributed by atoms with Crippen LogP contribution in [0.15, 0.2) is 0 Å². The minimum atomic E-state index is -0.874. The summed E-state index contributed by atoms with van der Waals surface area (Å²) in [5.41, 5.74) is 1.17. The van der Waals surface area contributed by atoms with Gasteiger partial charge in [0.25, 0.3) is 0 Å².